The quantitative estimate of drug-likeness (QED) is 0.507. The number of nitrogens with one attached hydrogen (secondary N) is 2. The van der Waals surface area contributed by atoms with Crippen molar-refractivity contribution in [1.29, 1.82) is 0 Å². The van der Waals surface area contributed by atoms with E-state index in [0.29, 0.717) is 18.2 Å². The summed E-state index contributed by atoms with van der Waals surface area (Å²) in [7, 11) is 0. The highest BCUT2D eigenvalue weighted by atomic mass is 35.5. The van der Waals surface area contributed by atoms with Crippen LogP contribution in [0.3, 0.4) is 0 Å². The van der Waals surface area contributed by atoms with E-state index < -0.39 is 0 Å². The van der Waals surface area contributed by atoms with Crippen LogP contribution < -0.4 is 15.4 Å². The Bertz CT molecular complexity index is 1020. The van der Waals surface area contributed by atoms with Crippen LogP contribution in [0.15, 0.2) is 48.7 Å². The van der Waals surface area contributed by atoms with E-state index in [-0.39, 0.29) is 11.8 Å². The summed E-state index contributed by atoms with van der Waals surface area (Å²) in [5, 5.41) is 7.68. The largest absolute Gasteiger partial charge is 0.491 e. The van der Waals surface area contributed by atoms with E-state index in [4.69, 9.17) is 16.3 Å². The molecule has 0 spiro atoms. The number of nitrogens with zero attached hydrogens (tertiary/aromatic N) is 2. The standard InChI is InChI=1S/C22H24ClFN4O2/c23-16-2-7-20-19(14-16)21(15-28(20)18-5-3-17(24)4-6-18)30-13-1-8-25-9-11-27-12-10-26-22(27)29/h2-7,14-15,25H,1,8-13H2,(H,26,29). The number of hydrogen-bond donors (Lipinski definition) is 2. The molecule has 1 saturated heterocycles. The fourth-order valence-electron chi connectivity index (χ4n) is 3.55. The number of benzene rings is 2. The lowest BCUT2D eigenvalue weighted by Gasteiger charge is -2.14. The van der Waals surface area contributed by atoms with Crippen LogP contribution in [0.25, 0.3) is 16.6 Å². The predicted octanol–water partition coefficient (Wildman–Crippen LogP) is 3.81. The summed E-state index contributed by atoms with van der Waals surface area (Å²) < 4.78 is 21.3. The van der Waals surface area contributed by atoms with E-state index in [2.05, 4.69) is 10.6 Å². The molecule has 2 amide bonds. The van der Waals surface area contributed by atoms with Crippen molar-refractivity contribution in [2.45, 2.75) is 6.42 Å². The molecule has 2 aromatic carbocycles. The SMILES string of the molecule is O=C1NCCN1CCNCCCOc1cn(-c2ccc(F)cc2)c2ccc(Cl)cc12. The van der Waals surface area contributed by atoms with Gasteiger partial charge in [-0.05, 0) is 55.4 Å². The van der Waals surface area contributed by atoms with Crippen molar-refractivity contribution in [2.75, 3.05) is 39.3 Å². The van der Waals surface area contributed by atoms with Gasteiger partial charge < -0.3 is 24.8 Å². The molecular weight excluding hydrogens is 407 g/mol. The van der Waals surface area contributed by atoms with Crippen molar-refractivity contribution in [2.24, 2.45) is 0 Å². The van der Waals surface area contributed by atoms with Gasteiger partial charge in [0.1, 0.15) is 11.6 Å². The number of rotatable bonds is 9. The predicted molar refractivity (Wildman–Crippen MR) is 116 cm³/mol. The third-order valence-corrected chi connectivity index (χ3v) is 5.33. The Balaban J connectivity index is 1.34. The van der Waals surface area contributed by atoms with E-state index in [1.165, 1.54) is 12.1 Å². The van der Waals surface area contributed by atoms with E-state index in [1.54, 1.807) is 17.0 Å². The number of urea groups is 1. The second-order valence-electron chi connectivity index (χ2n) is 7.17. The van der Waals surface area contributed by atoms with Gasteiger partial charge in [-0.25, -0.2) is 9.18 Å². The smallest absolute Gasteiger partial charge is 0.317 e. The Hall–Kier alpha value is -2.77. The molecule has 1 fully saturated rings. The molecule has 158 valence electrons. The Morgan fingerprint density at radius 1 is 1.17 bits per heavy atom. The molecule has 2 N–H and O–H groups in total. The Morgan fingerprint density at radius 3 is 2.77 bits per heavy atom. The molecule has 0 radical (unpaired) electrons. The van der Waals surface area contributed by atoms with Crippen LogP contribution >= 0.6 is 11.6 Å². The molecule has 0 unspecified atom stereocenters. The van der Waals surface area contributed by atoms with Crippen molar-refractivity contribution in [3.05, 3.63) is 59.5 Å². The van der Waals surface area contributed by atoms with Gasteiger partial charge in [0.25, 0.3) is 0 Å². The second kappa shape index (κ2) is 9.36. The van der Waals surface area contributed by atoms with Gasteiger partial charge in [0.15, 0.2) is 0 Å². The number of amides is 2. The first kappa shape index (κ1) is 20.5. The molecule has 4 rings (SSSR count). The van der Waals surface area contributed by atoms with E-state index in [1.807, 2.05) is 29.0 Å². The number of halogens is 2. The molecule has 0 bridgehead atoms. The lowest BCUT2D eigenvalue weighted by molar-refractivity contribution is 0.217. The lowest BCUT2D eigenvalue weighted by Crippen LogP contribution is -2.35. The molecule has 2 heterocycles. The maximum absolute atomic E-state index is 13.3. The van der Waals surface area contributed by atoms with Crippen molar-refractivity contribution >= 4 is 28.5 Å². The Morgan fingerprint density at radius 2 is 2.00 bits per heavy atom. The fraction of sp³-hybridized carbons (Fsp3) is 0.318. The van der Waals surface area contributed by atoms with Crippen LogP contribution in [-0.2, 0) is 0 Å². The zero-order valence-electron chi connectivity index (χ0n) is 16.5. The highest BCUT2D eigenvalue weighted by Gasteiger charge is 2.18. The number of hydrogen-bond acceptors (Lipinski definition) is 3. The number of ether oxygens (including phenoxy) is 1. The zero-order valence-corrected chi connectivity index (χ0v) is 17.3. The molecule has 1 aliphatic rings. The van der Waals surface area contributed by atoms with E-state index >= 15 is 0 Å². The summed E-state index contributed by atoms with van der Waals surface area (Å²) in [4.78, 5) is 13.3. The van der Waals surface area contributed by atoms with Gasteiger partial charge in [0, 0.05) is 42.3 Å². The first-order chi connectivity index (χ1) is 14.6. The van der Waals surface area contributed by atoms with Crippen LogP contribution in [0, 0.1) is 5.82 Å². The first-order valence-electron chi connectivity index (χ1n) is 10.0. The molecule has 0 atom stereocenters. The van der Waals surface area contributed by atoms with Gasteiger partial charge in [-0.2, -0.15) is 0 Å². The zero-order chi connectivity index (χ0) is 20.9. The van der Waals surface area contributed by atoms with Crippen LogP contribution in [0.4, 0.5) is 9.18 Å². The summed E-state index contributed by atoms with van der Waals surface area (Å²) in [5.74, 6) is 0.471. The molecule has 6 nitrogen and oxygen atoms in total. The minimum absolute atomic E-state index is 0.0105. The molecule has 0 aliphatic carbocycles. The van der Waals surface area contributed by atoms with E-state index in [9.17, 15) is 9.18 Å². The molecule has 0 saturated carbocycles. The highest BCUT2D eigenvalue weighted by Crippen LogP contribution is 2.32. The summed E-state index contributed by atoms with van der Waals surface area (Å²) >= 11 is 6.19. The Kier molecular flexibility index (Phi) is 6.40. The van der Waals surface area contributed by atoms with Crippen LogP contribution in [0.1, 0.15) is 6.42 Å². The number of aromatic nitrogens is 1. The van der Waals surface area contributed by atoms with Gasteiger partial charge in [0.05, 0.1) is 18.3 Å². The van der Waals surface area contributed by atoms with Gasteiger partial charge in [-0.3, -0.25) is 0 Å². The molecule has 1 aliphatic heterocycles. The van der Waals surface area contributed by atoms with Gasteiger partial charge in [-0.1, -0.05) is 11.6 Å². The average molecular weight is 431 g/mol. The molecule has 3 aromatic rings. The van der Waals surface area contributed by atoms with Crippen molar-refractivity contribution in [3.8, 4) is 11.4 Å². The first-order valence-corrected chi connectivity index (χ1v) is 10.4. The molecule has 1 aromatic heterocycles. The number of carbonyl (C=O) groups excluding carboxylic acids is 1. The number of fused-ring (bicyclic) bond motifs is 1. The summed E-state index contributed by atoms with van der Waals surface area (Å²) in [5.41, 5.74) is 1.80. The fourth-order valence-corrected chi connectivity index (χ4v) is 3.72. The number of carbonyl (C=O) groups is 1. The Labute approximate surface area is 179 Å². The minimum Gasteiger partial charge on any atom is -0.491 e. The monoisotopic (exact) mass is 430 g/mol. The second-order valence-corrected chi connectivity index (χ2v) is 7.61. The van der Waals surface area contributed by atoms with Crippen molar-refractivity contribution in [3.63, 3.8) is 0 Å². The topological polar surface area (TPSA) is 58.5 Å². The minimum atomic E-state index is -0.271. The highest BCUT2D eigenvalue weighted by molar-refractivity contribution is 6.31. The molecule has 8 heteroatoms. The van der Waals surface area contributed by atoms with Crippen LogP contribution in [0.2, 0.25) is 5.02 Å². The van der Waals surface area contributed by atoms with Crippen molar-refractivity contribution in [1.82, 2.24) is 20.1 Å². The summed E-state index contributed by atoms with van der Waals surface area (Å²) in [6.45, 7) is 4.30. The third-order valence-electron chi connectivity index (χ3n) is 5.09. The van der Waals surface area contributed by atoms with Gasteiger partial charge >= 0.3 is 6.03 Å². The maximum Gasteiger partial charge on any atom is 0.317 e. The normalized spacial score (nSPS) is 13.8. The van der Waals surface area contributed by atoms with Crippen LogP contribution in [0.5, 0.6) is 5.75 Å². The van der Waals surface area contributed by atoms with Gasteiger partial charge in [-0.15, -0.1) is 0 Å². The maximum atomic E-state index is 13.3. The van der Waals surface area contributed by atoms with Gasteiger partial charge in [0.2, 0.25) is 0 Å². The summed E-state index contributed by atoms with van der Waals surface area (Å²) in [6.07, 6.45) is 2.74. The summed E-state index contributed by atoms with van der Waals surface area (Å²) in [6, 6.07) is 12.0. The molecular formula is C22H24ClFN4O2. The third kappa shape index (κ3) is 4.68. The van der Waals surface area contributed by atoms with Crippen LogP contribution in [-0.4, -0.2) is 54.8 Å². The molecule has 30 heavy (non-hydrogen) atoms. The van der Waals surface area contributed by atoms with E-state index in [0.717, 1.165) is 54.9 Å². The lowest BCUT2D eigenvalue weighted by atomic mass is 10.2. The average Bonchev–Trinajstić information content (AvgIpc) is 3.31. The van der Waals surface area contributed by atoms with Crippen molar-refractivity contribution < 1.29 is 13.9 Å².